The first-order valence-electron chi connectivity index (χ1n) is 7.17. The molecule has 2 N–H and O–H groups in total. The van der Waals surface area contributed by atoms with Gasteiger partial charge in [-0.1, -0.05) is 19.1 Å². The summed E-state index contributed by atoms with van der Waals surface area (Å²) in [6, 6.07) is 8.17. The standard InChI is InChI=1S/C15H22N4/c1-12(10-18-8-4-5-9-18)11-19-14-7-3-2-6-13(14)17-15(19)16/h2-3,6-7,12H,4-5,8-11H2,1H3,(H2,16,17). The molecule has 1 aliphatic rings. The van der Waals surface area contributed by atoms with Crippen molar-refractivity contribution in [3.8, 4) is 0 Å². The molecule has 0 saturated carbocycles. The van der Waals surface area contributed by atoms with Crippen LogP contribution in [0.2, 0.25) is 0 Å². The minimum atomic E-state index is 0.595. The predicted molar refractivity (Wildman–Crippen MR) is 79.0 cm³/mol. The second-order valence-electron chi connectivity index (χ2n) is 5.68. The molecule has 0 aliphatic carbocycles. The quantitative estimate of drug-likeness (QED) is 0.915. The number of nitrogen functional groups attached to an aromatic ring is 1. The van der Waals surface area contributed by atoms with Gasteiger partial charge in [-0.2, -0.15) is 0 Å². The lowest BCUT2D eigenvalue weighted by atomic mass is 10.1. The highest BCUT2D eigenvalue weighted by Crippen LogP contribution is 2.20. The number of imidazole rings is 1. The van der Waals surface area contributed by atoms with Crippen LogP contribution in [0.1, 0.15) is 19.8 Å². The van der Waals surface area contributed by atoms with Gasteiger partial charge in [0.15, 0.2) is 0 Å². The molecule has 0 bridgehead atoms. The number of hydrogen-bond acceptors (Lipinski definition) is 3. The predicted octanol–water partition coefficient (Wildman–Crippen LogP) is 2.35. The number of hydrogen-bond donors (Lipinski definition) is 1. The average Bonchev–Trinajstić information content (AvgIpc) is 2.99. The van der Waals surface area contributed by atoms with Crippen LogP contribution < -0.4 is 5.73 Å². The molecule has 1 aliphatic heterocycles. The number of rotatable bonds is 4. The summed E-state index contributed by atoms with van der Waals surface area (Å²) in [6.07, 6.45) is 2.70. The van der Waals surface area contributed by atoms with Gasteiger partial charge in [0.2, 0.25) is 5.95 Å². The molecule has 0 spiro atoms. The highest BCUT2D eigenvalue weighted by molar-refractivity contribution is 5.78. The average molecular weight is 258 g/mol. The molecule has 1 atom stereocenters. The monoisotopic (exact) mass is 258 g/mol. The van der Waals surface area contributed by atoms with Crippen molar-refractivity contribution in [1.29, 1.82) is 0 Å². The molecular weight excluding hydrogens is 236 g/mol. The number of likely N-dealkylation sites (tertiary alicyclic amines) is 1. The van der Waals surface area contributed by atoms with Crippen molar-refractivity contribution < 1.29 is 0 Å². The Bertz CT molecular complexity index is 554. The Labute approximate surface area is 114 Å². The van der Waals surface area contributed by atoms with Gasteiger partial charge in [0, 0.05) is 13.1 Å². The van der Waals surface area contributed by atoms with Crippen LogP contribution in [-0.4, -0.2) is 34.1 Å². The number of aromatic nitrogens is 2. The fourth-order valence-corrected chi connectivity index (χ4v) is 3.06. The molecule has 4 heteroatoms. The van der Waals surface area contributed by atoms with Crippen molar-refractivity contribution in [2.75, 3.05) is 25.4 Å². The van der Waals surface area contributed by atoms with Crippen molar-refractivity contribution >= 4 is 17.0 Å². The zero-order chi connectivity index (χ0) is 13.2. The third kappa shape index (κ3) is 2.59. The van der Waals surface area contributed by atoms with Crippen LogP contribution in [0.5, 0.6) is 0 Å². The van der Waals surface area contributed by atoms with E-state index in [1.165, 1.54) is 25.9 Å². The first-order valence-corrected chi connectivity index (χ1v) is 7.17. The van der Waals surface area contributed by atoms with Crippen LogP contribution in [0.25, 0.3) is 11.0 Å². The van der Waals surface area contributed by atoms with Gasteiger partial charge >= 0.3 is 0 Å². The van der Waals surface area contributed by atoms with Crippen molar-refractivity contribution in [3.05, 3.63) is 24.3 Å². The fraction of sp³-hybridized carbons (Fsp3) is 0.533. The van der Waals surface area contributed by atoms with Crippen molar-refractivity contribution in [1.82, 2.24) is 14.5 Å². The minimum absolute atomic E-state index is 0.595. The minimum Gasteiger partial charge on any atom is -0.369 e. The second kappa shape index (κ2) is 5.21. The van der Waals surface area contributed by atoms with E-state index in [-0.39, 0.29) is 0 Å². The maximum absolute atomic E-state index is 6.05. The molecule has 1 unspecified atom stereocenters. The Hall–Kier alpha value is -1.55. The maximum atomic E-state index is 6.05. The number of nitrogens with two attached hydrogens (primary N) is 1. The summed E-state index contributed by atoms with van der Waals surface area (Å²) in [6.45, 7) is 6.91. The molecular formula is C15H22N4. The molecule has 0 amide bonds. The largest absolute Gasteiger partial charge is 0.369 e. The van der Waals surface area contributed by atoms with Gasteiger partial charge in [0.05, 0.1) is 11.0 Å². The van der Waals surface area contributed by atoms with E-state index in [4.69, 9.17) is 5.73 Å². The van der Waals surface area contributed by atoms with E-state index in [0.29, 0.717) is 11.9 Å². The lowest BCUT2D eigenvalue weighted by Crippen LogP contribution is -2.27. The number of benzene rings is 1. The summed E-state index contributed by atoms with van der Waals surface area (Å²) in [7, 11) is 0. The number of para-hydroxylation sites is 2. The third-order valence-corrected chi connectivity index (χ3v) is 3.95. The summed E-state index contributed by atoms with van der Waals surface area (Å²) in [4.78, 5) is 6.98. The summed E-state index contributed by atoms with van der Waals surface area (Å²) >= 11 is 0. The molecule has 3 rings (SSSR count). The van der Waals surface area contributed by atoms with Crippen molar-refractivity contribution in [2.24, 2.45) is 5.92 Å². The van der Waals surface area contributed by atoms with E-state index >= 15 is 0 Å². The lowest BCUT2D eigenvalue weighted by molar-refractivity contribution is 0.273. The SMILES string of the molecule is CC(CN1CCCC1)Cn1c(N)nc2ccccc21. The number of fused-ring (bicyclic) bond motifs is 1. The van der Waals surface area contributed by atoms with E-state index in [9.17, 15) is 0 Å². The first-order chi connectivity index (χ1) is 9.24. The van der Waals surface area contributed by atoms with Crippen LogP contribution in [0.15, 0.2) is 24.3 Å². The molecule has 102 valence electrons. The van der Waals surface area contributed by atoms with Gasteiger partial charge in [-0.05, 0) is 44.0 Å². The van der Waals surface area contributed by atoms with E-state index < -0.39 is 0 Å². The molecule has 1 saturated heterocycles. The second-order valence-corrected chi connectivity index (χ2v) is 5.68. The Morgan fingerprint density at radius 3 is 2.74 bits per heavy atom. The smallest absolute Gasteiger partial charge is 0.201 e. The van der Waals surface area contributed by atoms with Crippen LogP contribution in [0.4, 0.5) is 5.95 Å². The summed E-state index contributed by atoms with van der Waals surface area (Å²) < 4.78 is 2.15. The molecule has 2 heterocycles. The van der Waals surface area contributed by atoms with Crippen LogP contribution in [0.3, 0.4) is 0 Å². The summed E-state index contributed by atoms with van der Waals surface area (Å²) in [5.74, 6) is 1.23. The summed E-state index contributed by atoms with van der Waals surface area (Å²) in [5, 5.41) is 0. The normalized spacial score (nSPS) is 18.2. The molecule has 1 aromatic carbocycles. The van der Waals surface area contributed by atoms with Gasteiger partial charge in [-0.15, -0.1) is 0 Å². The Kier molecular flexibility index (Phi) is 3.42. The zero-order valence-corrected chi connectivity index (χ0v) is 11.5. The molecule has 0 radical (unpaired) electrons. The highest BCUT2D eigenvalue weighted by Gasteiger charge is 2.16. The van der Waals surface area contributed by atoms with E-state index in [0.717, 1.165) is 24.1 Å². The zero-order valence-electron chi connectivity index (χ0n) is 11.5. The Morgan fingerprint density at radius 1 is 1.21 bits per heavy atom. The topological polar surface area (TPSA) is 47.1 Å². The van der Waals surface area contributed by atoms with E-state index in [1.807, 2.05) is 18.2 Å². The maximum Gasteiger partial charge on any atom is 0.201 e. The van der Waals surface area contributed by atoms with Crippen LogP contribution in [-0.2, 0) is 6.54 Å². The lowest BCUT2D eigenvalue weighted by Gasteiger charge is -2.21. The Morgan fingerprint density at radius 2 is 1.95 bits per heavy atom. The van der Waals surface area contributed by atoms with Gasteiger partial charge in [-0.3, -0.25) is 0 Å². The number of anilines is 1. The van der Waals surface area contributed by atoms with Gasteiger partial charge < -0.3 is 15.2 Å². The Balaban J connectivity index is 1.75. The summed E-state index contributed by atoms with van der Waals surface area (Å²) in [5.41, 5.74) is 8.19. The molecule has 1 fully saturated rings. The van der Waals surface area contributed by atoms with Gasteiger partial charge in [0.1, 0.15) is 0 Å². The van der Waals surface area contributed by atoms with E-state index in [1.54, 1.807) is 0 Å². The van der Waals surface area contributed by atoms with Crippen LogP contribution >= 0.6 is 0 Å². The van der Waals surface area contributed by atoms with Gasteiger partial charge in [-0.25, -0.2) is 4.98 Å². The van der Waals surface area contributed by atoms with Crippen molar-refractivity contribution in [3.63, 3.8) is 0 Å². The molecule has 2 aromatic rings. The fourth-order valence-electron chi connectivity index (χ4n) is 3.06. The molecule has 19 heavy (non-hydrogen) atoms. The number of nitrogens with zero attached hydrogens (tertiary/aromatic N) is 3. The van der Waals surface area contributed by atoms with Crippen LogP contribution in [0, 0.1) is 5.92 Å². The highest BCUT2D eigenvalue weighted by atomic mass is 15.2. The first kappa shape index (κ1) is 12.5. The molecule has 1 aromatic heterocycles. The third-order valence-electron chi connectivity index (χ3n) is 3.95. The molecule has 4 nitrogen and oxygen atoms in total. The van der Waals surface area contributed by atoms with E-state index in [2.05, 4.69) is 27.4 Å². The van der Waals surface area contributed by atoms with Crippen molar-refractivity contribution in [2.45, 2.75) is 26.3 Å². The van der Waals surface area contributed by atoms with Gasteiger partial charge in [0.25, 0.3) is 0 Å².